The molecule has 31 heavy (non-hydrogen) atoms. The smallest absolute Gasteiger partial charge is 0.257 e. The second-order valence-corrected chi connectivity index (χ2v) is 9.22. The third-order valence-electron chi connectivity index (χ3n) is 7.20. The van der Waals surface area contributed by atoms with Crippen molar-refractivity contribution < 1.29 is 9.53 Å². The molecule has 4 heterocycles. The van der Waals surface area contributed by atoms with Gasteiger partial charge in [0.05, 0.1) is 24.3 Å². The first-order valence-electron chi connectivity index (χ1n) is 12.0. The van der Waals surface area contributed by atoms with Gasteiger partial charge in [0.1, 0.15) is 5.82 Å². The zero-order chi connectivity index (χ0) is 21.0. The van der Waals surface area contributed by atoms with Crippen molar-refractivity contribution in [1.82, 2.24) is 14.8 Å². The van der Waals surface area contributed by atoms with E-state index in [1.165, 1.54) is 19.3 Å². The van der Waals surface area contributed by atoms with Crippen molar-refractivity contribution in [1.29, 1.82) is 0 Å². The summed E-state index contributed by atoms with van der Waals surface area (Å²) >= 11 is 0. The summed E-state index contributed by atoms with van der Waals surface area (Å²) in [5.41, 5.74) is 1.76. The number of aromatic nitrogens is 1. The quantitative estimate of drug-likeness (QED) is 0.739. The number of benzene rings is 1. The second-order valence-electron chi connectivity index (χ2n) is 9.22. The fourth-order valence-corrected chi connectivity index (χ4v) is 5.22. The lowest BCUT2D eigenvalue weighted by Crippen LogP contribution is -2.41. The molecule has 0 radical (unpaired) electrons. The van der Waals surface area contributed by atoms with E-state index in [0.717, 1.165) is 100 Å². The summed E-state index contributed by atoms with van der Waals surface area (Å²) in [5.74, 6) is 1.77. The molecule has 3 aliphatic heterocycles. The molecule has 0 saturated carbocycles. The van der Waals surface area contributed by atoms with Gasteiger partial charge in [0, 0.05) is 44.7 Å². The number of pyridine rings is 1. The van der Waals surface area contributed by atoms with Crippen molar-refractivity contribution in [2.75, 3.05) is 63.9 Å². The number of carbonyl (C=O) groups is 1. The number of anilines is 1. The normalized spacial score (nSPS) is 21.2. The molecule has 1 amide bonds. The molecule has 1 aromatic carbocycles. The number of ether oxygens (including phenoxy) is 1. The first-order valence-corrected chi connectivity index (χ1v) is 12.0. The highest BCUT2D eigenvalue weighted by Gasteiger charge is 2.28. The molecule has 6 heteroatoms. The van der Waals surface area contributed by atoms with Crippen LogP contribution in [0.3, 0.4) is 0 Å². The number of likely N-dealkylation sites (tertiary alicyclic amines) is 1. The predicted molar refractivity (Wildman–Crippen MR) is 124 cm³/mol. The number of morpholine rings is 1. The third-order valence-corrected chi connectivity index (χ3v) is 7.20. The van der Waals surface area contributed by atoms with Gasteiger partial charge in [-0.1, -0.05) is 18.2 Å². The Balaban J connectivity index is 1.26. The number of rotatable bonds is 5. The molecule has 0 N–H and O–H groups in total. The Morgan fingerprint density at radius 3 is 2.52 bits per heavy atom. The summed E-state index contributed by atoms with van der Waals surface area (Å²) in [5, 5.41) is 1.05. The van der Waals surface area contributed by atoms with Gasteiger partial charge in [-0.25, -0.2) is 4.98 Å². The van der Waals surface area contributed by atoms with Crippen molar-refractivity contribution in [3.8, 4) is 0 Å². The maximum absolute atomic E-state index is 13.6. The molecule has 3 aliphatic rings. The number of hydrogen-bond acceptors (Lipinski definition) is 5. The molecule has 0 aliphatic carbocycles. The lowest BCUT2D eigenvalue weighted by molar-refractivity contribution is 0.0332. The second kappa shape index (κ2) is 9.53. The highest BCUT2D eigenvalue weighted by molar-refractivity contribution is 6.02. The van der Waals surface area contributed by atoms with Crippen molar-refractivity contribution in [2.24, 2.45) is 5.92 Å². The predicted octanol–water partition coefficient (Wildman–Crippen LogP) is 3.41. The summed E-state index contributed by atoms with van der Waals surface area (Å²) in [6.45, 7) is 8.73. The SMILES string of the molecule is O=C(c1cc2ccccc2nc1N1CCCC1)N1CCC(CCN2CCOCC2)CC1. The fourth-order valence-electron chi connectivity index (χ4n) is 5.22. The van der Waals surface area contributed by atoms with Crippen molar-refractivity contribution in [3.63, 3.8) is 0 Å². The Kier molecular flexibility index (Phi) is 6.37. The van der Waals surface area contributed by atoms with Gasteiger partial charge in [0.15, 0.2) is 0 Å². The average Bonchev–Trinajstić information content (AvgIpc) is 3.37. The Hall–Kier alpha value is -2.18. The molecule has 166 valence electrons. The van der Waals surface area contributed by atoms with E-state index in [9.17, 15) is 4.79 Å². The van der Waals surface area contributed by atoms with Crippen LogP contribution in [-0.2, 0) is 4.74 Å². The Morgan fingerprint density at radius 2 is 1.74 bits per heavy atom. The van der Waals surface area contributed by atoms with Crippen LogP contribution in [0.4, 0.5) is 5.82 Å². The maximum atomic E-state index is 13.6. The largest absolute Gasteiger partial charge is 0.379 e. The molecular formula is C25H34N4O2. The van der Waals surface area contributed by atoms with Gasteiger partial charge in [-0.15, -0.1) is 0 Å². The van der Waals surface area contributed by atoms with Crippen LogP contribution < -0.4 is 4.90 Å². The van der Waals surface area contributed by atoms with E-state index < -0.39 is 0 Å². The van der Waals surface area contributed by atoms with Crippen molar-refractivity contribution >= 4 is 22.6 Å². The van der Waals surface area contributed by atoms with E-state index in [2.05, 4.69) is 26.8 Å². The first kappa shape index (κ1) is 20.7. The molecule has 0 atom stereocenters. The van der Waals surface area contributed by atoms with Gasteiger partial charge in [-0.3, -0.25) is 9.69 Å². The zero-order valence-corrected chi connectivity index (χ0v) is 18.5. The Bertz CT molecular complexity index is 898. The first-order chi connectivity index (χ1) is 15.3. The van der Waals surface area contributed by atoms with E-state index in [-0.39, 0.29) is 5.91 Å². The minimum Gasteiger partial charge on any atom is -0.379 e. The van der Waals surface area contributed by atoms with E-state index >= 15 is 0 Å². The highest BCUT2D eigenvalue weighted by atomic mass is 16.5. The van der Waals surface area contributed by atoms with E-state index in [0.29, 0.717) is 0 Å². The monoisotopic (exact) mass is 422 g/mol. The van der Waals surface area contributed by atoms with Gasteiger partial charge in [-0.2, -0.15) is 0 Å². The molecule has 3 saturated heterocycles. The number of para-hydroxylation sites is 1. The van der Waals surface area contributed by atoms with Gasteiger partial charge in [0.25, 0.3) is 5.91 Å². The zero-order valence-electron chi connectivity index (χ0n) is 18.5. The molecule has 0 bridgehead atoms. The maximum Gasteiger partial charge on any atom is 0.257 e. The van der Waals surface area contributed by atoms with Gasteiger partial charge in [0.2, 0.25) is 0 Å². The fraction of sp³-hybridized carbons (Fsp3) is 0.600. The van der Waals surface area contributed by atoms with Crippen LogP contribution in [0.1, 0.15) is 42.5 Å². The number of piperidine rings is 1. The molecular weight excluding hydrogens is 388 g/mol. The lowest BCUT2D eigenvalue weighted by Gasteiger charge is -2.34. The average molecular weight is 423 g/mol. The third kappa shape index (κ3) is 4.70. The van der Waals surface area contributed by atoms with Gasteiger partial charge in [-0.05, 0) is 56.7 Å². The molecule has 3 fully saturated rings. The summed E-state index contributed by atoms with van der Waals surface area (Å²) < 4.78 is 5.45. The summed E-state index contributed by atoms with van der Waals surface area (Å²) in [7, 11) is 0. The van der Waals surface area contributed by atoms with E-state index in [1.807, 2.05) is 18.2 Å². The van der Waals surface area contributed by atoms with Crippen LogP contribution in [0.15, 0.2) is 30.3 Å². The lowest BCUT2D eigenvalue weighted by atomic mass is 9.93. The van der Waals surface area contributed by atoms with Crippen molar-refractivity contribution in [2.45, 2.75) is 32.1 Å². The van der Waals surface area contributed by atoms with Gasteiger partial charge < -0.3 is 14.5 Å². The standard InChI is InChI=1S/C25H34N4O2/c30-25(29-13-8-20(9-14-29)7-12-27-15-17-31-18-16-27)22-19-21-5-1-2-6-23(21)26-24(22)28-10-3-4-11-28/h1-2,5-6,19-20H,3-4,7-18H2. The molecule has 2 aromatic rings. The summed E-state index contributed by atoms with van der Waals surface area (Å²) in [6.07, 6.45) is 5.80. The summed E-state index contributed by atoms with van der Waals surface area (Å²) in [4.78, 5) is 25.4. The molecule has 0 spiro atoms. The molecule has 6 nitrogen and oxygen atoms in total. The van der Waals surface area contributed by atoms with Crippen LogP contribution in [0.2, 0.25) is 0 Å². The van der Waals surface area contributed by atoms with Crippen LogP contribution in [-0.4, -0.2) is 79.7 Å². The number of hydrogen-bond donors (Lipinski definition) is 0. The Labute approximate surface area is 185 Å². The summed E-state index contributed by atoms with van der Waals surface area (Å²) in [6, 6.07) is 10.2. The molecule has 1 aromatic heterocycles. The minimum absolute atomic E-state index is 0.159. The highest BCUT2D eigenvalue weighted by Crippen LogP contribution is 2.29. The molecule has 0 unspecified atom stereocenters. The van der Waals surface area contributed by atoms with E-state index in [4.69, 9.17) is 9.72 Å². The van der Waals surface area contributed by atoms with Crippen LogP contribution in [0, 0.1) is 5.92 Å². The van der Waals surface area contributed by atoms with Crippen LogP contribution in [0.5, 0.6) is 0 Å². The van der Waals surface area contributed by atoms with Crippen LogP contribution >= 0.6 is 0 Å². The number of nitrogens with zero attached hydrogens (tertiary/aromatic N) is 4. The number of carbonyl (C=O) groups excluding carboxylic acids is 1. The van der Waals surface area contributed by atoms with E-state index in [1.54, 1.807) is 0 Å². The number of fused-ring (bicyclic) bond motifs is 1. The minimum atomic E-state index is 0.159. The number of amides is 1. The Morgan fingerprint density at radius 1 is 1.00 bits per heavy atom. The molecule has 5 rings (SSSR count). The van der Waals surface area contributed by atoms with Crippen molar-refractivity contribution in [3.05, 3.63) is 35.9 Å². The van der Waals surface area contributed by atoms with Gasteiger partial charge >= 0.3 is 0 Å². The topological polar surface area (TPSA) is 48.9 Å². The van der Waals surface area contributed by atoms with Crippen LogP contribution in [0.25, 0.3) is 10.9 Å².